The van der Waals surface area contributed by atoms with Gasteiger partial charge in [0.05, 0.1) is 17.4 Å². The molecular weight excluding hydrogens is 520 g/mol. The minimum atomic E-state index is -1.12. The molecule has 41 heavy (non-hydrogen) atoms. The number of aryl methyl sites for hydroxylation is 1. The summed E-state index contributed by atoms with van der Waals surface area (Å²) in [5, 5.41) is 25.2. The predicted octanol–water partition coefficient (Wildman–Crippen LogP) is 3.23. The standard InChI is InChI=1S/C30H42N8O3/c1-29(2,3)17-7-8-19-20(12-17)37-22(36-19)9-6-16-10-18(11-16)30(4,5)35-13-21-24(39)25(40)28(41-21)38-15-34-23-26(31)32-14-33-27(23)38/h7-8,12,14-16,18,21,24-25,28,35,39-40H,6,9-11,13H2,1-5H3,(H,36,37)(H2,31,32,33). The molecule has 4 heterocycles. The number of benzene rings is 1. The lowest BCUT2D eigenvalue weighted by Gasteiger charge is -2.46. The van der Waals surface area contributed by atoms with Crippen LogP contribution in [0.1, 0.15) is 71.5 Å². The van der Waals surface area contributed by atoms with Crippen molar-refractivity contribution in [2.75, 3.05) is 12.3 Å². The molecule has 0 radical (unpaired) electrons. The highest BCUT2D eigenvalue weighted by Crippen LogP contribution is 2.43. The van der Waals surface area contributed by atoms with Gasteiger partial charge in [-0.1, -0.05) is 26.8 Å². The third-order valence-corrected chi connectivity index (χ3v) is 9.20. The van der Waals surface area contributed by atoms with E-state index < -0.39 is 24.5 Å². The Labute approximate surface area is 240 Å². The average Bonchev–Trinajstić information content (AvgIpc) is 3.57. The maximum atomic E-state index is 10.8. The van der Waals surface area contributed by atoms with E-state index in [-0.39, 0.29) is 16.8 Å². The Kier molecular flexibility index (Phi) is 7.04. The van der Waals surface area contributed by atoms with Crippen LogP contribution in [0.25, 0.3) is 22.2 Å². The molecule has 1 aromatic carbocycles. The summed E-state index contributed by atoms with van der Waals surface area (Å²) in [6.45, 7) is 11.5. The average molecular weight is 563 g/mol. The number of nitrogens with two attached hydrogens (primary N) is 1. The molecule has 6 N–H and O–H groups in total. The van der Waals surface area contributed by atoms with Crippen LogP contribution < -0.4 is 11.1 Å². The maximum absolute atomic E-state index is 10.8. The van der Waals surface area contributed by atoms with Gasteiger partial charge in [0, 0.05) is 18.5 Å². The van der Waals surface area contributed by atoms with Gasteiger partial charge in [0.15, 0.2) is 17.7 Å². The molecule has 4 aromatic rings. The molecule has 4 unspecified atom stereocenters. The number of rotatable bonds is 8. The van der Waals surface area contributed by atoms with Gasteiger partial charge in [0.2, 0.25) is 0 Å². The van der Waals surface area contributed by atoms with Gasteiger partial charge in [0.1, 0.15) is 36.0 Å². The molecule has 6 rings (SSSR count). The van der Waals surface area contributed by atoms with Gasteiger partial charge < -0.3 is 31.0 Å². The van der Waals surface area contributed by atoms with Crippen molar-refractivity contribution in [3.8, 4) is 0 Å². The molecule has 2 aliphatic rings. The van der Waals surface area contributed by atoms with E-state index in [9.17, 15) is 10.2 Å². The van der Waals surface area contributed by atoms with Gasteiger partial charge in [0.25, 0.3) is 0 Å². The molecule has 11 nitrogen and oxygen atoms in total. The van der Waals surface area contributed by atoms with Crippen molar-refractivity contribution in [3.05, 3.63) is 42.2 Å². The highest BCUT2D eigenvalue weighted by Gasteiger charge is 2.46. The van der Waals surface area contributed by atoms with Crippen molar-refractivity contribution < 1.29 is 14.9 Å². The van der Waals surface area contributed by atoms with Gasteiger partial charge in [-0.15, -0.1) is 0 Å². The van der Waals surface area contributed by atoms with Crippen LogP contribution in [0.2, 0.25) is 0 Å². The van der Waals surface area contributed by atoms with Crippen molar-refractivity contribution in [3.63, 3.8) is 0 Å². The smallest absolute Gasteiger partial charge is 0.167 e. The first-order valence-electron chi connectivity index (χ1n) is 14.6. The summed E-state index contributed by atoms with van der Waals surface area (Å²) in [4.78, 5) is 20.8. The number of nitrogen functional groups attached to an aromatic ring is 1. The van der Waals surface area contributed by atoms with Crippen LogP contribution in [0, 0.1) is 11.8 Å². The number of hydrogen-bond acceptors (Lipinski definition) is 9. The first-order chi connectivity index (χ1) is 19.4. The van der Waals surface area contributed by atoms with Gasteiger partial charge in [-0.3, -0.25) is 4.57 Å². The van der Waals surface area contributed by atoms with Crippen LogP contribution >= 0.6 is 0 Å². The number of nitrogens with one attached hydrogen (secondary N) is 2. The molecule has 1 saturated carbocycles. The van der Waals surface area contributed by atoms with E-state index in [2.05, 4.69) is 78.1 Å². The molecule has 4 atom stereocenters. The van der Waals surface area contributed by atoms with Gasteiger partial charge in [-0.05, 0) is 68.1 Å². The maximum Gasteiger partial charge on any atom is 0.167 e. The molecular formula is C30H42N8O3. The number of hydrogen-bond donors (Lipinski definition) is 5. The molecule has 1 saturated heterocycles. The van der Waals surface area contributed by atoms with Crippen molar-refractivity contribution in [2.24, 2.45) is 11.8 Å². The molecule has 11 heteroatoms. The van der Waals surface area contributed by atoms with E-state index >= 15 is 0 Å². The second-order valence-electron chi connectivity index (χ2n) is 13.5. The summed E-state index contributed by atoms with van der Waals surface area (Å²) < 4.78 is 7.72. The number of ether oxygens (including phenoxy) is 1. The lowest BCUT2D eigenvalue weighted by molar-refractivity contribution is -0.0378. The molecule has 1 aliphatic heterocycles. The summed E-state index contributed by atoms with van der Waals surface area (Å²) in [5.41, 5.74) is 10.2. The van der Waals surface area contributed by atoms with Gasteiger partial charge >= 0.3 is 0 Å². The molecule has 0 amide bonds. The molecule has 3 aromatic heterocycles. The van der Waals surface area contributed by atoms with Crippen LogP contribution in [-0.4, -0.2) is 70.1 Å². The highest BCUT2D eigenvalue weighted by molar-refractivity contribution is 5.81. The number of aliphatic hydroxyl groups is 2. The molecule has 0 spiro atoms. The van der Waals surface area contributed by atoms with E-state index in [1.54, 1.807) is 4.57 Å². The number of fused-ring (bicyclic) bond motifs is 2. The number of anilines is 1. The van der Waals surface area contributed by atoms with Gasteiger partial charge in [-0.25, -0.2) is 19.9 Å². The number of aliphatic hydroxyl groups excluding tert-OH is 2. The summed E-state index contributed by atoms with van der Waals surface area (Å²) >= 11 is 0. The van der Waals surface area contributed by atoms with Crippen LogP contribution in [-0.2, 0) is 16.6 Å². The van der Waals surface area contributed by atoms with Crippen molar-refractivity contribution >= 4 is 28.0 Å². The van der Waals surface area contributed by atoms with E-state index in [0.717, 1.165) is 42.5 Å². The molecule has 1 aliphatic carbocycles. The Morgan fingerprint density at radius 1 is 1.10 bits per heavy atom. The molecule has 0 bridgehead atoms. The van der Waals surface area contributed by atoms with Crippen molar-refractivity contribution in [1.82, 2.24) is 34.8 Å². The van der Waals surface area contributed by atoms with Gasteiger partial charge in [-0.2, -0.15) is 0 Å². The summed E-state index contributed by atoms with van der Waals surface area (Å²) in [6.07, 6.45) is 3.67. The van der Waals surface area contributed by atoms with E-state index in [1.807, 2.05) is 0 Å². The van der Waals surface area contributed by atoms with E-state index in [0.29, 0.717) is 29.5 Å². The Balaban J connectivity index is 1.00. The molecule has 220 valence electrons. The number of aromatic amines is 1. The first-order valence-corrected chi connectivity index (χ1v) is 14.6. The normalized spacial score (nSPS) is 27.1. The quantitative estimate of drug-likeness (QED) is 0.217. The Bertz CT molecular complexity index is 1530. The van der Waals surface area contributed by atoms with E-state index in [4.69, 9.17) is 15.5 Å². The Morgan fingerprint density at radius 3 is 2.63 bits per heavy atom. The highest BCUT2D eigenvalue weighted by atomic mass is 16.6. The van der Waals surface area contributed by atoms with Crippen LogP contribution in [0.15, 0.2) is 30.9 Å². The van der Waals surface area contributed by atoms with Crippen LogP contribution in [0.5, 0.6) is 0 Å². The number of nitrogens with zero attached hydrogens (tertiary/aromatic N) is 5. The minimum absolute atomic E-state index is 0.109. The topological polar surface area (TPSA) is 160 Å². The fourth-order valence-electron chi connectivity index (χ4n) is 6.24. The fraction of sp³-hybridized carbons (Fsp3) is 0.600. The zero-order chi connectivity index (χ0) is 29.1. The predicted molar refractivity (Wildman–Crippen MR) is 157 cm³/mol. The lowest BCUT2D eigenvalue weighted by Crippen LogP contribution is -2.54. The van der Waals surface area contributed by atoms with Crippen LogP contribution in [0.3, 0.4) is 0 Å². The SMILES string of the molecule is CC(C)(C)c1ccc2[nH]c(CCC3CC(C(C)(C)NCC4OC(n5cnc6c(N)ncnc65)C(O)C4O)C3)nc2c1. The Hall–Kier alpha value is -3.12. The Morgan fingerprint density at radius 2 is 1.88 bits per heavy atom. The van der Waals surface area contributed by atoms with Crippen molar-refractivity contribution in [2.45, 2.75) is 95.8 Å². The second kappa shape index (κ2) is 10.3. The zero-order valence-corrected chi connectivity index (χ0v) is 24.5. The van der Waals surface area contributed by atoms with Crippen molar-refractivity contribution in [1.29, 1.82) is 0 Å². The third-order valence-electron chi connectivity index (χ3n) is 9.20. The monoisotopic (exact) mass is 562 g/mol. The lowest BCUT2D eigenvalue weighted by atomic mass is 9.64. The number of aromatic nitrogens is 6. The summed E-state index contributed by atoms with van der Waals surface area (Å²) in [6, 6.07) is 6.54. The van der Waals surface area contributed by atoms with Crippen LogP contribution in [0.4, 0.5) is 5.82 Å². The fourth-order valence-corrected chi connectivity index (χ4v) is 6.24. The largest absolute Gasteiger partial charge is 0.387 e. The summed E-state index contributed by atoms with van der Waals surface area (Å²) in [5.74, 6) is 2.51. The first kappa shape index (κ1) is 28.0. The minimum Gasteiger partial charge on any atom is -0.387 e. The zero-order valence-electron chi connectivity index (χ0n) is 24.5. The second-order valence-corrected chi connectivity index (χ2v) is 13.5. The third kappa shape index (κ3) is 5.31. The molecule has 2 fully saturated rings. The summed E-state index contributed by atoms with van der Waals surface area (Å²) in [7, 11) is 0. The number of H-pyrrole nitrogens is 1. The number of imidazole rings is 2. The van der Waals surface area contributed by atoms with E-state index in [1.165, 1.54) is 18.2 Å².